The van der Waals surface area contributed by atoms with E-state index in [2.05, 4.69) is 24.5 Å². The summed E-state index contributed by atoms with van der Waals surface area (Å²) in [4.78, 5) is 12.2. The molecule has 108 valence electrons. The second kappa shape index (κ2) is 8.18. The molecule has 0 radical (unpaired) electrons. The van der Waals surface area contributed by atoms with E-state index >= 15 is 0 Å². The number of rotatable bonds is 6. The summed E-state index contributed by atoms with van der Waals surface area (Å²) in [6, 6.07) is 10.2. The summed E-state index contributed by atoms with van der Waals surface area (Å²) in [5.74, 6) is 0.0680. The molecule has 1 amide bonds. The van der Waals surface area contributed by atoms with Crippen molar-refractivity contribution >= 4 is 18.3 Å². The zero-order valence-electron chi connectivity index (χ0n) is 12.2. The van der Waals surface area contributed by atoms with E-state index in [0.717, 1.165) is 12.1 Å². The van der Waals surface area contributed by atoms with Crippen molar-refractivity contribution in [3.8, 4) is 0 Å². The molecule has 0 aliphatic heterocycles. The molecule has 19 heavy (non-hydrogen) atoms. The minimum atomic E-state index is -0.493. The van der Waals surface area contributed by atoms with Crippen molar-refractivity contribution < 1.29 is 4.79 Å². The molecule has 0 saturated heterocycles. The van der Waals surface area contributed by atoms with Crippen LogP contribution in [0.2, 0.25) is 0 Å². The number of carbonyl (C=O) groups is 1. The lowest BCUT2D eigenvalue weighted by molar-refractivity contribution is -0.125. The normalized spacial score (nSPS) is 12.4. The fourth-order valence-electron chi connectivity index (χ4n) is 1.87. The summed E-state index contributed by atoms with van der Waals surface area (Å²) < 4.78 is 0. The maximum Gasteiger partial charge on any atom is 0.230 e. The van der Waals surface area contributed by atoms with E-state index in [9.17, 15) is 4.79 Å². The van der Waals surface area contributed by atoms with Gasteiger partial charge in [-0.15, -0.1) is 12.4 Å². The standard InChI is InChI=1S/C15H24N2O.ClH/c1-5-16-12(2)11-17-14(18)15(3,4)13-9-7-6-8-10-13;/h6-10,12,16H,5,11H2,1-4H3,(H,17,18);1H/t12-;/m1./s1. The highest BCUT2D eigenvalue weighted by Crippen LogP contribution is 2.22. The number of amides is 1. The molecule has 1 rings (SSSR count). The first kappa shape index (κ1) is 17.9. The summed E-state index contributed by atoms with van der Waals surface area (Å²) >= 11 is 0. The summed E-state index contributed by atoms with van der Waals surface area (Å²) in [6.07, 6.45) is 0. The Bertz CT molecular complexity index is 379. The van der Waals surface area contributed by atoms with Gasteiger partial charge in [0.25, 0.3) is 0 Å². The smallest absolute Gasteiger partial charge is 0.230 e. The molecule has 0 spiro atoms. The van der Waals surface area contributed by atoms with Crippen LogP contribution in [0.4, 0.5) is 0 Å². The number of hydrogen-bond acceptors (Lipinski definition) is 2. The number of halogens is 1. The van der Waals surface area contributed by atoms with E-state index < -0.39 is 5.41 Å². The Kier molecular flexibility index (Phi) is 7.72. The van der Waals surface area contributed by atoms with Crippen molar-refractivity contribution in [3.63, 3.8) is 0 Å². The SMILES string of the molecule is CCN[C@H](C)CNC(=O)C(C)(C)c1ccccc1.Cl. The van der Waals surface area contributed by atoms with Gasteiger partial charge in [0.05, 0.1) is 5.41 Å². The Hall–Kier alpha value is -1.06. The maximum absolute atomic E-state index is 12.2. The van der Waals surface area contributed by atoms with E-state index in [4.69, 9.17) is 0 Å². The van der Waals surface area contributed by atoms with E-state index in [1.807, 2.05) is 44.2 Å². The molecular weight excluding hydrogens is 260 g/mol. The molecule has 0 bridgehead atoms. The minimum absolute atomic E-state index is 0. The van der Waals surface area contributed by atoms with Gasteiger partial charge in [0, 0.05) is 12.6 Å². The van der Waals surface area contributed by atoms with Crippen LogP contribution in [-0.4, -0.2) is 25.0 Å². The molecule has 0 heterocycles. The molecule has 0 fully saturated rings. The van der Waals surface area contributed by atoms with Gasteiger partial charge in [-0.05, 0) is 32.9 Å². The predicted octanol–water partition coefficient (Wildman–Crippen LogP) is 2.50. The quantitative estimate of drug-likeness (QED) is 0.843. The Morgan fingerprint density at radius 3 is 2.37 bits per heavy atom. The van der Waals surface area contributed by atoms with Gasteiger partial charge in [0.15, 0.2) is 0 Å². The molecule has 4 heteroatoms. The number of hydrogen-bond donors (Lipinski definition) is 2. The molecule has 1 aromatic rings. The van der Waals surface area contributed by atoms with Crippen LogP contribution >= 0.6 is 12.4 Å². The van der Waals surface area contributed by atoms with Gasteiger partial charge in [0.1, 0.15) is 0 Å². The van der Waals surface area contributed by atoms with Gasteiger partial charge in [-0.3, -0.25) is 4.79 Å². The van der Waals surface area contributed by atoms with Crippen LogP contribution in [0.15, 0.2) is 30.3 Å². The lowest BCUT2D eigenvalue weighted by Gasteiger charge is -2.25. The third kappa shape index (κ3) is 5.21. The molecule has 1 aromatic carbocycles. The molecular formula is C15H25ClN2O. The van der Waals surface area contributed by atoms with Crippen LogP contribution in [0.1, 0.15) is 33.3 Å². The second-order valence-electron chi connectivity index (χ2n) is 5.16. The molecule has 0 aliphatic rings. The van der Waals surface area contributed by atoms with E-state index in [1.54, 1.807) is 0 Å². The molecule has 3 nitrogen and oxygen atoms in total. The highest BCUT2D eigenvalue weighted by atomic mass is 35.5. The van der Waals surface area contributed by atoms with Gasteiger partial charge in [-0.1, -0.05) is 37.3 Å². The predicted molar refractivity (Wildman–Crippen MR) is 82.9 cm³/mol. The van der Waals surface area contributed by atoms with Gasteiger partial charge in [0.2, 0.25) is 5.91 Å². The van der Waals surface area contributed by atoms with Crippen molar-refractivity contribution in [2.75, 3.05) is 13.1 Å². The highest BCUT2D eigenvalue weighted by molar-refractivity contribution is 5.87. The van der Waals surface area contributed by atoms with Crippen molar-refractivity contribution in [1.29, 1.82) is 0 Å². The van der Waals surface area contributed by atoms with Gasteiger partial charge >= 0.3 is 0 Å². The largest absolute Gasteiger partial charge is 0.354 e. The number of likely N-dealkylation sites (N-methyl/N-ethyl adjacent to an activating group) is 1. The highest BCUT2D eigenvalue weighted by Gasteiger charge is 2.29. The number of nitrogens with one attached hydrogen (secondary N) is 2. The van der Waals surface area contributed by atoms with Crippen LogP contribution < -0.4 is 10.6 Å². The summed E-state index contributed by atoms with van der Waals surface area (Å²) in [7, 11) is 0. The Labute approximate surface area is 122 Å². The lowest BCUT2D eigenvalue weighted by atomic mass is 9.84. The summed E-state index contributed by atoms with van der Waals surface area (Å²) in [5.41, 5.74) is 0.548. The monoisotopic (exact) mass is 284 g/mol. The molecule has 0 unspecified atom stereocenters. The Balaban J connectivity index is 0.00000324. The van der Waals surface area contributed by atoms with E-state index in [-0.39, 0.29) is 18.3 Å². The molecule has 0 saturated carbocycles. The first-order valence-electron chi connectivity index (χ1n) is 6.55. The first-order chi connectivity index (χ1) is 8.48. The Morgan fingerprint density at radius 2 is 1.84 bits per heavy atom. The molecule has 0 aromatic heterocycles. The molecule has 2 N–H and O–H groups in total. The van der Waals surface area contributed by atoms with Gasteiger partial charge in [-0.25, -0.2) is 0 Å². The lowest BCUT2D eigenvalue weighted by Crippen LogP contribution is -2.45. The summed E-state index contributed by atoms with van der Waals surface area (Å²) in [5, 5.41) is 6.28. The van der Waals surface area contributed by atoms with E-state index in [0.29, 0.717) is 12.6 Å². The average molecular weight is 285 g/mol. The van der Waals surface area contributed by atoms with Crippen molar-refractivity contribution in [2.45, 2.75) is 39.2 Å². The van der Waals surface area contributed by atoms with Crippen molar-refractivity contribution in [1.82, 2.24) is 10.6 Å². The zero-order valence-corrected chi connectivity index (χ0v) is 13.0. The number of carbonyl (C=O) groups excluding carboxylic acids is 1. The fourth-order valence-corrected chi connectivity index (χ4v) is 1.87. The molecule has 1 atom stereocenters. The minimum Gasteiger partial charge on any atom is -0.354 e. The number of benzene rings is 1. The topological polar surface area (TPSA) is 41.1 Å². The third-order valence-corrected chi connectivity index (χ3v) is 3.18. The van der Waals surface area contributed by atoms with Gasteiger partial charge < -0.3 is 10.6 Å². The zero-order chi connectivity index (χ0) is 13.6. The van der Waals surface area contributed by atoms with Gasteiger partial charge in [-0.2, -0.15) is 0 Å². The van der Waals surface area contributed by atoms with Crippen LogP contribution in [-0.2, 0) is 10.2 Å². The first-order valence-corrected chi connectivity index (χ1v) is 6.55. The van der Waals surface area contributed by atoms with Crippen molar-refractivity contribution in [2.24, 2.45) is 0 Å². The maximum atomic E-state index is 12.2. The Morgan fingerprint density at radius 1 is 1.26 bits per heavy atom. The van der Waals surface area contributed by atoms with E-state index in [1.165, 1.54) is 0 Å². The second-order valence-corrected chi connectivity index (χ2v) is 5.16. The third-order valence-electron chi connectivity index (χ3n) is 3.18. The molecule has 0 aliphatic carbocycles. The van der Waals surface area contributed by atoms with Crippen LogP contribution in [0, 0.1) is 0 Å². The van der Waals surface area contributed by atoms with Crippen LogP contribution in [0.5, 0.6) is 0 Å². The summed E-state index contributed by atoms with van der Waals surface area (Å²) in [6.45, 7) is 9.61. The fraction of sp³-hybridized carbons (Fsp3) is 0.533. The van der Waals surface area contributed by atoms with Crippen molar-refractivity contribution in [3.05, 3.63) is 35.9 Å². The average Bonchev–Trinajstić information content (AvgIpc) is 2.37. The van der Waals surface area contributed by atoms with Crippen LogP contribution in [0.3, 0.4) is 0 Å². The van der Waals surface area contributed by atoms with Crippen LogP contribution in [0.25, 0.3) is 0 Å².